The van der Waals surface area contributed by atoms with Crippen molar-refractivity contribution in [2.24, 2.45) is 11.8 Å². The van der Waals surface area contributed by atoms with E-state index >= 15 is 0 Å². The highest BCUT2D eigenvalue weighted by molar-refractivity contribution is 6.05. The van der Waals surface area contributed by atoms with E-state index < -0.39 is 53.6 Å². The molecule has 2 unspecified atom stereocenters. The van der Waals surface area contributed by atoms with E-state index in [0.717, 1.165) is 0 Å². The molecule has 9 nitrogen and oxygen atoms in total. The summed E-state index contributed by atoms with van der Waals surface area (Å²) in [5.41, 5.74) is -0.973. The molecule has 0 aromatic heterocycles. The molecule has 0 radical (unpaired) electrons. The van der Waals surface area contributed by atoms with Crippen LogP contribution in [-0.4, -0.2) is 71.9 Å². The van der Waals surface area contributed by atoms with E-state index in [0.29, 0.717) is 42.7 Å². The Morgan fingerprint density at radius 3 is 2.49 bits per heavy atom. The number of rotatable bonds is 13. The van der Waals surface area contributed by atoms with Crippen molar-refractivity contribution in [1.82, 2.24) is 4.90 Å². The molecule has 2 aromatic carbocycles. The largest absolute Gasteiger partial charge is 0.497 e. The number of unbranched alkanes of at least 4 members (excludes halogenated alkanes) is 1. The van der Waals surface area contributed by atoms with Crippen molar-refractivity contribution >= 4 is 23.5 Å². The number of carbonyl (C=O) groups excluding carboxylic acids is 3. The fraction of sp³-hybridized carbons (Fsp3) is 0.441. The van der Waals surface area contributed by atoms with Crippen molar-refractivity contribution in [2.75, 3.05) is 31.8 Å². The predicted octanol–water partition coefficient (Wildman–Crippen LogP) is 4.22. The fourth-order valence-corrected chi connectivity index (χ4v) is 7.22. The molecule has 3 saturated heterocycles. The van der Waals surface area contributed by atoms with E-state index in [-0.39, 0.29) is 19.1 Å². The second kappa shape index (κ2) is 12.3. The normalized spacial score (nSPS) is 27.8. The Labute approximate surface area is 252 Å². The molecule has 5 rings (SSSR count). The smallest absolute Gasteiger partial charge is 0.312 e. The lowest BCUT2D eigenvalue weighted by molar-refractivity contribution is -0.160. The van der Waals surface area contributed by atoms with Gasteiger partial charge in [0.05, 0.1) is 37.9 Å². The second-order valence-corrected chi connectivity index (χ2v) is 11.6. The number of allylic oxidation sites excluding steroid dienone is 1. The van der Waals surface area contributed by atoms with Crippen molar-refractivity contribution in [3.05, 3.63) is 85.5 Å². The summed E-state index contributed by atoms with van der Waals surface area (Å²) in [5, 5.41) is 10.7. The van der Waals surface area contributed by atoms with Crippen LogP contribution in [0.1, 0.15) is 44.2 Å². The van der Waals surface area contributed by atoms with Crippen LogP contribution in [0.5, 0.6) is 5.75 Å². The minimum absolute atomic E-state index is 0.172. The van der Waals surface area contributed by atoms with Crippen LogP contribution in [0.25, 0.3) is 0 Å². The minimum Gasteiger partial charge on any atom is -0.497 e. The number of aliphatic hydroxyl groups is 1. The van der Waals surface area contributed by atoms with E-state index in [1.54, 1.807) is 48.4 Å². The molecule has 2 aromatic rings. The van der Waals surface area contributed by atoms with Gasteiger partial charge in [0.1, 0.15) is 23.3 Å². The summed E-state index contributed by atoms with van der Waals surface area (Å²) >= 11 is 0. The summed E-state index contributed by atoms with van der Waals surface area (Å²) in [5.74, 6) is -2.47. The Bertz CT molecular complexity index is 1360. The van der Waals surface area contributed by atoms with E-state index in [9.17, 15) is 19.5 Å². The lowest BCUT2D eigenvalue weighted by atomic mass is 9.66. The van der Waals surface area contributed by atoms with Gasteiger partial charge in [0.25, 0.3) is 5.91 Å². The van der Waals surface area contributed by atoms with Gasteiger partial charge in [-0.05, 0) is 62.4 Å². The first-order valence-electron chi connectivity index (χ1n) is 14.8. The average molecular weight is 589 g/mol. The van der Waals surface area contributed by atoms with Gasteiger partial charge >= 0.3 is 5.97 Å². The maximum Gasteiger partial charge on any atom is 0.312 e. The molecule has 1 N–H and O–H groups in total. The first-order chi connectivity index (χ1) is 20.8. The third kappa shape index (κ3) is 5.14. The Kier molecular flexibility index (Phi) is 8.76. The number of hydrogen-bond acceptors (Lipinski definition) is 7. The predicted molar refractivity (Wildman–Crippen MR) is 161 cm³/mol. The fourth-order valence-electron chi connectivity index (χ4n) is 7.22. The molecule has 3 aliphatic heterocycles. The molecule has 228 valence electrons. The number of hydrogen-bond donors (Lipinski definition) is 1. The zero-order chi connectivity index (χ0) is 30.8. The number of esters is 1. The van der Waals surface area contributed by atoms with Crippen molar-refractivity contribution in [3.8, 4) is 5.75 Å². The summed E-state index contributed by atoms with van der Waals surface area (Å²) in [4.78, 5) is 46.1. The molecule has 1 spiro atoms. The molecule has 3 fully saturated rings. The van der Waals surface area contributed by atoms with E-state index in [4.69, 9.17) is 14.2 Å². The first-order valence-corrected chi connectivity index (χ1v) is 14.8. The van der Waals surface area contributed by atoms with Crippen LogP contribution in [0.15, 0.2) is 79.9 Å². The molecule has 0 aliphatic carbocycles. The van der Waals surface area contributed by atoms with Crippen LogP contribution in [0.4, 0.5) is 5.69 Å². The summed E-state index contributed by atoms with van der Waals surface area (Å²) in [6.07, 6.45) is 5.59. The van der Waals surface area contributed by atoms with Crippen LogP contribution in [0, 0.1) is 11.8 Å². The van der Waals surface area contributed by atoms with Crippen molar-refractivity contribution < 1.29 is 33.7 Å². The number of likely N-dealkylation sites (tertiary alicyclic amines) is 1. The monoisotopic (exact) mass is 588 g/mol. The zero-order valence-corrected chi connectivity index (χ0v) is 24.8. The molecule has 2 amide bonds. The van der Waals surface area contributed by atoms with Gasteiger partial charge < -0.3 is 29.1 Å². The van der Waals surface area contributed by atoms with Crippen molar-refractivity contribution in [3.63, 3.8) is 0 Å². The van der Waals surface area contributed by atoms with Crippen LogP contribution in [0.3, 0.4) is 0 Å². The number of carbonyl (C=O) groups is 3. The third-order valence-electron chi connectivity index (χ3n) is 9.15. The summed E-state index contributed by atoms with van der Waals surface area (Å²) in [6.45, 7) is 9.36. The molecule has 2 bridgehead atoms. The molecule has 9 heteroatoms. The zero-order valence-electron chi connectivity index (χ0n) is 24.8. The molecule has 3 aliphatic rings. The molecule has 3 heterocycles. The van der Waals surface area contributed by atoms with Crippen molar-refractivity contribution in [2.45, 2.75) is 55.9 Å². The number of benzene rings is 2. The van der Waals surface area contributed by atoms with Crippen LogP contribution >= 0.6 is 0 Å². The van der Waals surface area contributed by atoms with Crippen LogP contribution in [0.2, 0.25) is 0 Å². The van der Waals surface area contributed by atoms with Crippen LogP contribution in [-0.2, 0) is 23.9 Å². The van der Waals surface area contributed by atoms with E-state index in [1.807, 2.05) is 37.3 Å². The number of ether oxygens (including phenoxy) is 3. The van der Waals surface area contributed by atoms with E-state index in [2.05, 4.69) is 13.2 Å². The first kappa shape index (κ1) is 30.5. The third-order valence-corrected chi connectivity index (χ3v) is 9.15. The van der Waals surface area contributed by atoms with Crippen LogP contribution < -0.4 is 9.64 Å². The molecule has 6 atom stereocenters. The number of methoxy groups -OCH3 is 1. The SMILES string of the molecule is C=CCCCOC(=O)[C@@H]1[C@H]2C(=O)N([C@H](CO)c3ccccc3)C(C(=O)N(CC=C)c3ccc(OC)cc3)C23CC[C@@]1(C)O3. The number of nitrogens with zero attached hydrogens (tertiary/aromatic N) is 2. The Morgan fingerprint density at radius 2 is 1.86 bits per heavy atom. The van der Waals surface area contributed by atoms with Gasteiger partial charge in [0.2, 0.25) is 5.91 Å². The lowest BCUT2D eigenvalue weighted by Crippen LogP contribution is -2.57. The number of aliphatic hydroxyl groups excluding tert-OH is 1. The summed E-state index contributed by atoms with van der Waals surface area (Å²) in [7, 11) is 1.57. The molecule has 43 heavy (non-hydrogen) atoms. The van der Waals surface area contributed by atoms with Gasteiger partial charge in [0, 0.05) is 12.2 Å². The van der Waals surface area contributed by atoms with Gasteiger partial charge in [-0.3, -0.25) is 14.4 Å². The van der Waals surface area contributed by atoms with E-state index in [1.165, 1.54) is 4.90 Å². The Hall–Kier alpha value is -3.95. The van der Waals surface area contributed by atoms with Gasteiger partial charge in [-0.2, -0.15) is 0 Å². The highest BCUT2D eigenvalue weighted by Crippen LogP contribution is 2.64. The molecular weight excluding hydrogens is 548 g/mol. The summed E-state index contributed by atoms with van der Waals surface area (Å²) in [6, 6.07) is 14.3. The molecule has 0 saturated carbocycles. The second-order valence-electron chi connectivity index (χ2n) is 11.6. The van der Waals surface area contributed by atoms with Gasteiger partial charge in [-0.1, -0.05) is 42.5 Å². The number of anilines is 1. The minimum atomic E-state index is -1.28. The summed E-state index contributed by atoms with van der Waals surface area (Å²) < 4.78 is 17.7. The van der Waals surface area contributed by atoms with Gasteiger partial charge in [-0.15, -0.1) is 13.2 Å². The topological polar surface area (TPSA) is 106 Å². The lowest BCUT2D eigenvalue weighted by Gasteiger charge is -2.39. The van der Waals surface area contributed by atoms with Gasteiger partial charge in [0.15, 0.2) is 0 Å². The maximum atomic E-state index is 14.8. The Balaban J connectivity index is 1.60. The number of amides is 2. The standard InChI is InChI=1S/C34H40N2O7/c1-5-7-11-21-42-32(40)28-27-30(38)36(26(22-37)23-12-9-8-10-13-23)29(34(27)19-18-33(28,3)43-34)31(39)35(20-6-2)24-14-16-25(41-4)17-15-24/h5-6,8-10,12-17,26-29,37H,1-2,7,11,18-22H2,3-4H3/t26-,27+,28+,29?,33-,34?/m1/s1. The highest BCUT2D eigenvalue weighted by Gasteiger charge is 2.79. The maximum absolute atomic E-state index is 14.8. The van der Waals surface area contributed by atoms with Gasteiger partial charge in [-0.25, -0.2) is 0 Å². The number of fused-ring (bicyclic) bond motifs is 1. The average Bonchev–Trinajstić information content (AvgIpc) is 3.59. The Morgan fingerprint density at radius 1 is 1.14 bits per heavy atom. The molecular formula is C34H40N2O7. The van der Waals surface area contributed by atoms with Crippen molar-refractivity contribution in [1.29, 1.82) is 0 Å². The highest BCUT2D eigenvalue weighted by atomic mass is 16.6. The quantitative estimate of drug-likeness (QED) is 0.212.